The van der Waals surface area contributed by atoms with Crippen molar-refractivity contribution in [3.63, 3.8) is 0 Å². The SMILES string of the molecule is Cc1cc(C(=O)N2CCC3(CC2)CN(CC(F)(F)F)CC(c2ccccc2)O3)ccc1OC1CCC1. The maximum atomic E-state index is 13.3. The Balaban J connectivity index is 1.26. The van der Waals surface area contributed by atoms with Crippen LogP contribution in [0.3, 0.4) is 0 Å². The summed E-state index contributed by atoms with van der Waals surface area (Å²) in [5.41, 5.74) is 1.71. The summed E-state index contributed by atoms with van der Waals surface area (Å²) in [6, 6.07) is 15.0. The molecule has 2 aromatic carbocycles. The molecule has 5 rings (SSSR count). The van der Waals surface area contributed by atoms with Gasteiger partial charge in [-0.3, -0.25) is 9.69 Å². The van der Waals surface area contributed by atoms with Gasteiger partial charge in [-0.15, -0.1) is 0 Å². The zero-order valence-electron chi connectivity index (χ0n) is 20.6. The van der Waals surface area contributed by atoms with Crippen molar-refractivity contribution in [1.82, 2.24) is 9.80 Å². The Kier molecular flexibility index (Phi) is 7.01. The summed E-state index contributed by atoms with van der Waals surface area (Å²) in [4.78, 5) is 16.5. The number of amides is 1. The van der Waals surface area contributed by atoms with Crippen LogP contribution in [-0.4, -0.2) is 66.3 Å². The molecule has 1 spiro atoms. The molecule has 0 bridgehead atoms. The number of benzene rings is 2. The van der Waals surface area contributed by atoms with Gasteiger partial charge in [0, 0.05) is 31.7 Å². The molecular formula is C28H33F3N2O3. The van der Waals surface area contributed by atoms with Gasteiger partial charge in [0.05, 0.1) is 24.4 Å². The van der Waals surface area contributed by atoms with E-state index in [0.717, 1.165) is 29.7 Å². The van der Waals surface area contributed by atoms with Crippen molar-refractivity contribution in [2.45, 2.75) is 63.0 Å². The summed E-state index contributed by atoms with van der Waals surface area (Å²) < 4.78 is 52.4. The van der Waals surface area contributed by atoms with Gasteiger partial charge in [-0.05, 0) is 68.4 Å². The Morgan fingerprint density at radius 3 is 2.44 bits per heavy atom. The Labute approximate surface area is 210 Å². The van der Waals surface area contributed by atoms with Crippen molar-refractivity contribution in [2.75, 3.05) is 32.7 Å². The van der Waals surface area contributed by atoms with Gasteiger partial charge in [0.15, 0.2) is 0 Å². The number of alkyl halides is 3. The van der Waals surface area contributed by atoms with Gasteiger partial charge < -0.3 is 14.4 Å². The van der Waals surface area contributed by atoms with E-state index in [4.69, 9.17) is 9.47 Å². The monoisotopic (exact) mass is 502 g/mol. The van der Waals surface area contributed by atoms with Gasteiger partial charge in [-0.2, -0.15) is 13.2 Å². The molecule has 2 aromatic rings. The minimum Gasteiger partial charge on any atom is -0.490 e. The lowest BCUT2D eigenvalue weighted by molar-refractivity contribution is -0.205. The highest BCUT2D eigenvalue weighted by Crippen LogP contribution is 2.39. The lowest BCUT2D eigenvalue weighted by Crippen LogP contribution is -2.59. The molecule has 36 heavy (non-hydrogen) atoms. The van der Waals surface area contributed by atoms with E-state index in [1.807, 2.05) is 49.4 Å². The molecule has 1 saturated carbocycles. The number of ether oxygens (including phenoxy) is 2. The van der Waals surface area contributed by atoms with Gasteiger partial charge >= 0.3 is 6.18 Å². The maximum absolute atomic E-state index is 13.3. The first-order valence-electron chi connectivity index (χ1n) is 12.8. The molecular weight excluding hydrogens is 469 g/mol. The quantitative estimate of drug-likeness (QED) is 0.539. The number of likely N-dealkylation sites (tertiary alicyclic amines) is 1. The molecule has 3 fully saturated rings. The van der Waals surface area contributed by atoms with Crippen LogP contribution in [0.15, 0.2) is 48.5 Å². The number of piperidine rings is 1. The fourth-order valence-electron chi connectivity index (χ4n) is 5.46. The van der Waals surface area contributed by atoms with E-state index >= 15 is 0 Å². The minimum absolute atomic E-state index is 0.0642. The van der Waals surface area contributed by atoms with Gasteiger partial charge in [0.25, 0.3) is 5.91 Å². The van der Waals surface area contributed by atoms with Crippen LogP contribution < -0.4 is 4.74 Å². The molecule has 5 nitrogen and oxygen atoms in total. The largest absolute Gasteiger partial charge is 0.490 e. The number of morpholine rings is 1. The van der Waals surface area contributed by atoms with Crippen molar-refractivity contribution in [3.8, 4) is 5.75 Å². The molecule has 1 atom stereocenters. The highest BCUT2D eigenvalue weighted by atomic mass is 19.4. The summed E-state index contributed by atoms with van der Waals surface area (Å²) in [7, 11) is 0. The third-order valence-corrected chi connectivity index (χ3v) is 7.63. The number of carbonyl (C=O) groups is 1. The standard InChI is InChI=1S/C28H33F3N2O3/c1-20-16-22(10-11-24(20)35-23-8-5-9-23)26(34)33-14-12-27(13-15-33)18-32(19-28(29,30)31)17-25(36-27)21-6-3-2-4-7-21/h2-4,6-7,10-11,16,23,25H,5,8-9,12-15,17-19H2,1H3. The Bertz CT molecular complexity index is 1060. The first-order valence-corrected chi connectivity index (χ1v) is 12.8. The first kappa shape index (κ1) is 25.1. The first-order chi connectivity index (χ1) is 17.2. The van der Waals surface area contributed by atoms with E-state index in [1.165, 1.54) is 11.3 Å². The van der Waals surface area contributed by atoms with E-state index < -0.39 is 24.4 Å². The molecule has 0 N–H and O–H groups in total. The molecule has 1 aliphatic carbocycles. The van der Waals surface area contributed by atoms with Crippen LogP contribution in [0, 0.1) is 6.92 Å². The molecule has 2 heterocycles. The van der Waals surface area contributed by atoms with Crippen molar-refractivity contribution >= 4 is 5.91 Å². The molecule has 3 aliphatic rings. The van der Waals surface area contributed by atoms with Crippen LogP contribution in [0.5, 0.6) is 5.75 Å². The molecule has 1 unspecified atom stereocenters. The van der Waals surface area contributed by atoms with Gasteiger partial charge in [0.2, 0.25) is 0 Å². The zero-order valence-corrected chi connectivity index (χ0v) is 20.6. The number of halogens is 3. The molecule has 2 saturated heterocycles. The second-order valence-electron chi connectivity index (χ2n) is 10.4. The van der Waals surface area contributed by atoms with Crippen molar-refractivity contribution in [1.29, 1.82) is 0 Å². The van der Waals surface area contributed by atoms with Crippen molar-refractivity contribution in [2.24, 2.45) is 0 Å². The third-order valence-electron chi connectivity index (χ3n) is 7.63. The van der Waals surface area contributed by atoms with Gasteiger partial charge in [-0.1, -0.05) is 30.3 Å². The lowest BCUT2D eigenvalue weighted by Gasteiger charge is -2.50. The van der Waals surface area contributed by atoms with Crippen molar-refractivity contribution in [3.05, 3.63) is 65.2 Å². The summed E-state index contributed by atoms with van der Waals surface area (Å²) >= 11 is 0. The Morgan fingerprint density at radius 1 is 1.11 bits per heavy atom. The number of rotatable bonds is 5. The summed E-state index contributed by atoms with van der Waals surface area (Å²) in [5.74, 6) is 0.756. The van der Waals surface area contributed by atoms with Crippen LogP contribution in [0.1, 0.15) is 59.7 Å². The van der Waals surface area contributed by atoms with Crippen LogP contribution in [-0.2, 0) is 4.74 Å². The summed E-state index contributed by atoms with van der Waals surface area (Å²) in [6.45, 7) is 2.29. The maximum Gasteiger partial charge on any atom is 0.401 e. The molecule has 194 valence electrons. The molecule has 8 heteroatoms. The van der Waals surface area contributed by atoms with Crippen LogP contribution in [0.2, 0.25) is 0 Å². The molecule has 0 aromatic heterocycles. The summed E-state index contributed by atoms with van der Waals surface area (Å²) in [6.07, 6.45) is -0.0992. The number of aryl methyl sites for hydroxylation is 1. The topological polar surface area (TPSA) is 42.0 Å². The number of hydrogen-bond donors (Lipinski definition) is 0. The molecule has 0 radical (unpaired) electrons. The number of hydrogen-bond acceptors (Lipinski definition) is 4. The second-order valence-corrected chi connectivity index (χ2v) is 10.4. The summed E-state index contributed by atoms with van der Waals surface area (Å²) in [5, 5.41) is 0. The molecule has 2 aliphatic heterocycles. The average molecular weight is 503 g/mol. The van der Waals surface area contributed by atoms with E-state index in [0.29, 0.717) is 31.5 Å². The highest BCUT2D eigenvalue weighted by molar-refractivity contribution is 5.94. The fraction of sp³-hybridized carbons (Fsp3) is 0.536. The number of nitrogens with zero attached hydrogens (tertiary/aromatic N) is 2. The number of carbonyl (C=O) groups excluding carboxylic acids is 1. The minimum atomic E-state index is -4.27. The second kappa shape index (κ2) is 10.1. The Morgan fingerprint density at radius 2 is 1.83 bits per heavy atom. The molecule has 1 amide bonds. The normalized spacial score (nSPS) is 22.9. The van der Waals surface area contributed by atoms with Gasteiger partial charge in [-0.25, -0.2) is 0 Å². The zero-order chi connectivity index (χ0) is 25.3. The third kappa shape index (κ3) is 5.70. The predicted octanol–water partition coefficient (Wildman–Crippen LogP) is 5.54. The van der Waals surface area contributed by atoms with Gasteiger partial charge in [0.1, 0.15) is 5.75 Å². The van der Waals surface area contributed by atoms with Crippen molar-refractivity contribution < 1.29 is 27.4 Å². The van der Waals surface area contributed by atoms with E-state index in [9.17, 15) is 18.0 Å². The lowest BCUT2D eigenvalue weighted by atomic mass is 9.87. The van der Waals surface area contributed by atoms with E-state index in [2.05, 4.69) is 0 Å². The smallest absolute Gasteiger partial charge is 0.401 e. The Hall–Kier alpha value is -2.58. The van der Waals surface area contributed by atoms with Crippen LogP contribution >= 0.6 is 0 Å². The predicted molar refractivity (Wildman–Crippen MR) is 130 cm³/mol. The highest BCUT2D eigenvalue weighted by Gasteiger charge is 2.46. The van der Waals surface area contributed by atoms with E-state index in [-0.39, 0.29) is 25.1 Å². The fourth-order valence-corrected chi connectivity index (χ4v) is 5.46. The average Bonchev–Trinajstić information content (AvgIpc) is 2.81. The van der Waals surface area contributed by atoms with E-state index in [1.54, 1.807) is 11.0 Å². The van der Waals surface area contributed by atoms with Crippen LogP contribution in [0.25, 0.3) is 0 Å². The van der Waals surface area contributed by atoms with Crippen LogP contribution in [0.4, 0.5) is 13.2 Å².